The summed E-state index contributed by atoms with van der Waals surface area (Å²) in [6.45, 7) is 2.19. The molecule has 1 saturated heterocycles. The van der Waals surface area contributed by atoms with Crippen molar-refractivity contribution < 1.29 is 24.5 Å². The highest BCUT2D eigenvalue weighted by Gasteiger charge is 2.32. The second-order valence-corrected chi connectivity index (χ2v) is 4.40. The van der Waals surface area contributed by atoms with E-state index < -0.39 is 18.0 Å². The summed E-state index contributed by atoms with van der Waals surface area (Å²) < 4.78 is 5.36. The number of aliphatic carboxylic acids is 1. The number of carboxylic acid groups (broad SMARTS) is 1. The average molecular weight is 260 g/mol. The molecule has 7 nitrogen and oxygen atoms in total. The van der Waals surface area contributed by atoms with Crippen LogP contribution in [0.2, 0.25) is 0 Å². The van der Waals surface area contributed by atoms with Crippen molar-refractivity contribution in [3.8, 4) is 0 Å². The van der Waals surface area contributed by atoms with E-state index >= 15 is 0 Å². The normalized spacial score (nSPS) is 24.6. The molecule has 3 atom stereocenters. The summed E-state index contributed by atoms with van der Waals surface area (Å²) in [6, 6.07) is -1.57. The first-order valence-electron chi connectivity index (χ1n) is 5.96. The van der Waals surface area contributed by atoms with Gasteiger partial charge in [-0.15, -0.1) is 0 Å². The fourth-order valence-electron chi connectivity index (χ4n) is 2.02. The summed E-state index contributed by atoms with van der Waals surface area (Å²) in [5, 5.41) is 20.0. The number of rotatable bonds is 5. The second kappa shape index (κ2) is 6.55. The SMILES string of the molecule is CC1OCCC1N(C)C(=O)N[C@@H](CCO)C(=O)O. The predicted molar refractivity (Wildman–Crippen MR) is 63.2 cm³/mol. The number of carbonyl (C=O) groups excluding carboxylic acids is 1. The van der Waals surface area contributed by atoms with E-state index in [9.17, 15) is 9.59 Å². The summed E-state index contributed by atoms with van der Waals surface area (Å²) in [5.74, 6) is -1.15. The first-order chi connectivity index (χ1) is 8.47. The molecule has 18 heavy (non-hydrogen) atoms. The fourth-order valence-corrected chi connectivity index (χ4v) is 2.02. The smallest absolute Gasteiger partial charge is 0.326 e. The van der Waals surface area contributed by atoms with Crippen LogP contribution in [-0.4, -0.2) is 65.6 Å². The molecule has 0 bridgehead atoms. The molecular formula is C11H20N2O5. The lowest BCUT2D eigenvalue weighted by atomic mass is 10.1. The standard InChI is InChI=1S/C11H20N2O5/c1-7-9(4-6-18-7)13(2)11(17)12-8(3-5-14)10(15)16/h7-9,14H,3-6H2,1-2H3,(H,12,17)(H,15,16)/t7?,8-,9?/m0/s1. The van der Waals surface area contributed by atoms with Gasteiger partial charge in [0.05, 0.1) is 12.1 Å². The number of aliphatic hydroxyl groups excluding tert-OH is 1. The van der Waals surface area contributed by atoms with Crippen LogP contribution in [0.15, 0.2) is 0 Å². The van der Waals surface area contributed by atoms with Crippen LogP contribution in [0.5, 0.6) is 0 Å². The second-order valence-electron chi connectivity index (χ2n) is 4.40. The zero-order valence-corrected chi connectivity index (χ0v) is 10.6. The zero-order valence-electron chi connectivity index (χ0n) is 10.6. The van der Waals surface area contributed by atoms with Crippen LogP contribution in [0.1, 0.15) is 19.8 Å². The van der Waals surface area contributed by atoms with Gasteiger partial charge in [0.25, 0.3) is 0 Å². The van der Waals surface area contributed by atoms with Gasteiger partial charge in [-0.05, 0) is 13.3 Å². The van der Waals surface area contributed by atoms with E-state index in [4.69, 9.17) is 14.9 Å². The van der Waals surface area contributed by atoms with Gasteiger partial charge in [-0.3, -0.25) is 0 Å². The number of carboxylic acids is 1. The maximum Gasteiger partial charge on any atom is 0.326 e. The van der Waals surface area contributed by atoms with Gasteiger partial charge in [0.1, 0.15) is 6.04 Å². The van der Waals surface area contributed by atoms with Gasteiger partial charge in [-0.1, -0.05) is 0 Å². The largest absolute Gasteiger partial charge is 0.480 e. The topological polar surface area (TPSA) is 99.1 Å². The number of hydrogen-bond donors (Lipinski definition) is 3. The molecule has 1 fully saturated rings. The molecule has 0 aromatic heterocycles. The van der Waals surface area contributed by atoms with Crippen LogP contribution in [0.25, 0.3) is 0 Å². The summed E-state index contributed by atoms with van der Waals surface area (Å²) >= 11 is 0. The Hall–Kier alpha value is -1.34. The Morgan fingerprint density at radius 2 is 2.22 bits per heavy atom. The minimum Gasteiger partial charge on any atom is -0.480 e. The van der Waals surface area contributed by atoms with E-state index in [0.717, 1.165) is 6.42 Å². The monoisotopic (exact) mass is 260 g/mol. The van der Waals surface area contributed by atoms with Crippen LogP contribution < -0.4 is 5.32 Å². The van der Waals surface area contributed by atoms with Crippen LogP contribution in [-0.2, 0) is 9.53 Å². The number of carbonyl (C=O) groups is 2. The molecule has 0 spiro atoms. The van der Waals surface area contributed by atoms with Crippen molar-refractivity contribution in [1.82, 2.24) is 10.2 Å². The first-order valence-corrected chi connectivity index (χ1v) is 5.96. The molecule has 0 aliphatic carbocycles. The number of nitrogens with one attached hydrogen (secondary N) is 1. The van der Waals surface area contributed by atoms with Crippen LogP contribution >= 0.6 is 0 Å². The maximum atomic E-state index is 11.9. The Bertz CT molecular complexity index is 310. The molecule has 0 aromatic rings. The van der Waals surface area contributed by atoms with Gasteiger partial charge in [0, 0.05) is 26.7 Å². The summed E-state index contributed by atoms with van der Waals surface area (Å²) in [7, 11) is 1.61. The van der Waals surface area contributed by atoms with E-state index in [1.165, 1.54) is 4.90 Å². The van der Waals surface area contributed by atoms with Crippen LogP contribution in [0.3, 0.4) is 0 Å². The Kier molecular flexibility index (Phi) is 5.36. The van der Waals surface area contributed by atoms with Gasteiger partial charge in [-0.2, -0.15) is 0 Å². The number of aliphatic hydroxyl groups is 1. The molecule has 1 rings (SSSR count). The molecule has 2 amide bonds. The molecule has 0 saturated carbocycles. The van der Waals surface area contributed by atoms with Gasteiger partial charge >= 0.3 is 12.0 Å². The molecule has 2 unspecified atom stereocenters. The van der Waals surface area contributed by atoms with E-state index in [2.05, 4.69) is 5.32 Å². The zero-order chi connectivity index (χ0) is 13.7. The van der Waals surface area contributed by atoms with Gasteiger partial charge in [-0.25, -0.2) is 9.59 Å². The van der Waals surface area contributed by atoms with E-state index in [-0.39, 0.29) is 25.2 Å². The minimum absolute atomic E-state index is 0.00830. The van der Waals surface area contributed by atoms with Gasteiger partial charge < -0.3 is 25.2 Å². The van der Waals surface area contributed by atoms with Gasteiger partial charge in [0.2, 0.25) is 0 Å². The molecule has 104 valence electrons. The maximum absolute atomic E-state index is 11.9. The lowest BCUT2D eigenvalue weighted by molar-refractivity contribution is -0.139. The van der Waals surface area contributed by atoms with Crippen LogP contribution in [0.4, 0.5) is 4.79 Å². The Morgan fingerprint density at radius 1 is 1.56 bits per heavy atom. The van der Waals surface area contributed by atoms with Crippen molar-refractivity contribution in [1.29, 1.82) is 0 Å². The Balaban J connectivity index is 2.55. The van der Waals surface area contributed by atoms with E-state index in [0.29, 0.717) is 6.61 Å². The third-order valence-corrected chi connectivity index (χ3v) is 3.17. The Morgan fingerprint density at radius 3 is 2.67 bits per heavy atom. The number of ether oxygens (including phenoxy) is 1. The third-order valence-electron chi connectivity index (χ3n) is 3.17. The number of amides is 2. The molecule has 3 N–H and O–H groups in total. The van der Waals surface area contributed by atoms with E-state index in [1.807, 2.05) is 6.92 Å². The summed E-state index contributed by atoms with van der Waals surface area (Å²) in [5.41, 5.74) is 0. The number of likely N-dealkylation sites (N-methyl/N-ethyl adjacent to an activating group) is 1. The van der Waals surface area contributed by atoms with Gasteiger partial charge in [0.15, 0.2) is 0 Å². The van der Waals surface area contributed by atoms with Crippen molar-refractivity contribution in [2.24, 2.45) is 0 Å². The van der Waals surface area contributed by atoms with Crippen molar-refractivity contribution in [2.45, 2.75) is 38.0 Å². The highest BCUT2D eigenvalue weighted by molar-refractivity contribution is 5.82. The van der Waals surface area contributed by atoms with Crippen molar-refractivity contribution in [3.63, 3.8) is 0 Å². The number of urea groups is 1. The lowest BCUT2D eigenvalue weighted by Crippen LogP contribution is -2.51. The highest BCUT2D eigenvalue weighted by Crippen LogP contribution is 2.18. The molecule has 0 radical (unpaired) electrons. The average Bonchev–Trinajstić information content (AvgIpc) is 2.73. The molecular weight excluding hydrogens is 240 g/mol. The molecule has 7 heteroatoms. The molecule has 1 aliphatic heterocycles. The number of nitrogens with zero attached hydrogens (tertiary/aromatic N) is 1. The fraction of sp³-hybridized carbons (Fsp3) is 0.818. The first kappa shape index (κ1) is 14.7. The van der Waals surface area contributed by atoms with Crippen molar-refractivity contribution in [2.75, 3.05) is 20.3 Å². The van der Waals surface area contributed by atoms with E-state index in [1.54, 1.807) is 7.05 Å². The quantitative estimate of drug-likeness (QED) is 0.627. The Labute approximate surface area is 106 Å². The highest BCUT2D eigenvalue weighted by atomic mass is 16.5. The van der Waals surface area contributed by atoms with Crippen molar-refractivity contribution in [3.05, 3.63) is 0 Å². The predicted octanol–water partition coefficient (Wildman–Crippen LogP) is -0.359. The third kappa shape index (κ3) is 3.58. The lowest BCUT2D eigenvalue weighted by Gasteiger charge is -2.28. The molecule has 1 heterocycles. The van der Waals surface area contributed by atoms with Crippen LogP contribution in [0, 0.1) is 0 Å². The van der Waals surface area contributed by atoms with Crippen molar-refractivity contribution >= 4 is 12.0 Å². The minimum atomic E-state index is -1.15. The summed E-state index contributed by atoms with van der Waals surface area (Å²) in [4.78, 5) is 24.2. The molecule has 1 aliphatic rings. The number of hydrogen-bond acceptors (Lipinski definition) is 4. The molecule has 0 aromatic carbocycles. The summed E-state index contributed by atoms with van der Waals surface area (Å²) in [6.07, 6.45) is 0.677.